The van der Waals surface area contributed by atoms with Gasteiger partial charge in [0.2, 0.25) is 0 Å². The van der Waals surface area contributed by atoms with Crippen LogP contribution in [0.4, 0.5) is 17.1 Å². The van der Waals surface area contributed by atoms with Gasteiger partial charge >= 0.3 is 0 Å². The zero-order chi connectivity index (χ0) is 13.8. The summed E-state index contributed by atoms with van der Waals surface area (Å²) in [6.07, 6.45) is 0. The van der Waals surface area contributed by atoms with Crippen LogP contribution in [0.3, 0.4) is 0 Å². The van der Waals surface area contributed by atoms with Gasteiger partial charge in [0.25, 0.3) is 5.69 Å². The van der Waals surface area contributed by atoms with Crippen molar-refractivity contribution < 1.29 is 15.1 Å². The molecule has 2 N–H and O–H groups in total. The number of hydrogen-bond donors (Lipinski definition) is 2. The van der Waals surface area contributed by atoms with Crippen molar-refractivity contribution in [2.24, 2.45) is 10.2 Å². The van der Waals surface area contributed by atoms with Gasteiger partial charge in [-0.05, 0) is 24.3 Å². The molecule has 0 aliphatic carbocycles. The molecule has 96 valence electrons. The molecule has 0 aromatic heterocycles. The number of phenols is 2. The molecule has 19 heavy (non-hydrogen) atoms. The Morgan fingerprint density at radius 3 is 2.32 bits per heavy atom. The van der Waals surface area contributed by atoms with Crippen LogP contribution in [-0.4, -0.2) is 15.1 Å². The van der Waals surface area contributed by atoms with Crippen LogP contribution < -0.4 is 0 Å². The van der Waals surface area contributed by atoms with Gasteiger partial charge in [-0.2, -0.15) is 5.11 Å². The SMILES string of the molecule is O=[N+]([O-])c1ccc(N=Nc2cc(O)ccc2O)cc1. The molecule has 0 aliphatic rings. The largest absolute Gasteiger partial charge is 0.508 e. The zero-order valence-electron chi connectivity index (χ0n) is 9.59. The van der Waals surface area contributed by atoms with Gasteiger partial charge in [0.15, 0.2) is 0 Å². The van der Waals surface area contributed by atoms with Crippen molar-refractivity contribution >= 4 is 17.1 Å². The molecule has 2 rings (SSSR count). The van der Waals surface area contributed by atoms with Crippen LogP contribution in [0, 0.1) is 10.1 Å². The molecule has 0 fully saturated rings. The van der Waals surface area contributed by atoms with E-state index in [2.05, 4.69) is 10.2 Å². The van der Waals surface area contributed by atoms with Crippen molar-refractivity contribution in [2.45, 2.75) is 0 Å². The summed E-state index contributed by atoms with van der Waals surface area (Å²) in [7, 11) is 0. The highest BCUT2D eigenvalue weighted by Gasteiger charge is 2.04. The molecule has 7 heteroatoms. The molecule has 0 saturated carbocycles. The highest BCUT2D eigenvalue weighted by molar-refractivity contribution is 5.54. The maximum Gasteiger partial charge on any atom is 0.269 e. The maximum absolute atomic E-state index is 10.5. The van der Waals surface area contributed by atoms with Gasteiger partial charge in [0, 0.05) is 18.2 Å². The smallest absolute Gasteiger partial charge is 0.269 e. The van der Waals surface area contributed by atoms with Crippen LogP contribution >= 0.6 is 0 Å². The minimum Gasteiger partial charge on any atom is -0.508 e. The molecule has 7 nitrogen and oxygen atoms in total. The molecular formula is C12H9N3O4. The van der Waals surface area contributed by atoms with E-state index >= 15 is 0 Å². The fourth-order valence-corrected chi connectivity index (χ4v) is 1.34. The lowest BCUT2D eigenvalue weighted by molar-refractivity contribution is -0.384. The van der Waals surface area contributed by atoms with Gasteiger partial charge < -0.3 is 10.2 Å². The van der Waals surface area contributed by atoms with E-state index in [-0.39, 0.29) is 22.9 Å². The van der Waals surface area contributed by atoms with E-state index in [0.29, 0.717) is 5.69 Å². The van der Waals surface area contributed by atoms with Crippen molar-refractivity contribution in [3.63, 3.8) is 0 Å². The van der Waals surface area contributed by atoms with Gasteiger partial charge in [0.05, 0.1) is 10.6 Å². The number of nitrogens with zero attached hydrogens (tertiary/aromatic N) is 3. The number of benzene rings is 2. The number of non-ortho nitro benzene ring substituents is 1. The highest BCUT2D eigenvalue weighted by Crippen LogP contribution is 2.31. The number of hydrogen-bond acceptors (Lipinski definition) is 6. The van der Waals surface area contributed by atoms with Crippen molar-refractivity contribution in [1.29, 1.82) is 0 Å². The van der Waals surface area contributed by atoms with Gasteiger partial charge in [-0.15, -0.1) is 5.11 Å². The predicted molar refractivity (Wildman–Crippen MR) is 67.0 cm³/mol. The number of rotatable bonds is 3. The van der Waals surface area contributed by atoms with Crippen molar-refractivity contribution in [3.05, 3.63) is 52.6 Å². The quantitative estimate of drug-likeness (QED) is 0.381. The maximum atomic E-state index is 10.5. The Morgan fingerprint density at radius 2 is 1.68 bits per heavy atom. The Balaban J connectivity index is 2.22. The average molecular weight is 259 g/mol. The molecule has 0 spiro atoms. The molecule has 0 amide bonds. The average Bonchev–Trinajstić information content (AvgIpc) is 2.40. The van der Waals surface area contributed by atoms with Gasteiger partial charge in [-0.3, -0.25) is 10.1 Å². The minimum atomic E-state index is -0.512. The fourth-order valence-electron chi connectivity index (χ4n) is 1.34. The normalized spacial score (nSPS) is 10.7. The van der Waals surface area contributed by atoms with Crippen LogP contribution in [-0.2, 0) is 0 Å². The number of aromatic hydroxyl groups is 2. The molecule has 0 heterocycles. The summed E-state index contributed by atoms with van der Waals surface area (Å²) in [5, 5.41) is 36.8. The first kappa shape index (κ1) is 12.5. The fraction of sp³-hybridized carbons (Fsp3) is 0. The van der Waals surface area contributed by atoms with Gasteiger partial charge in [-0.25, -0.2) is 0 Å². The van der Waals surface area contributed by atoms with Crippen LogP contribution in [0.15, 0.2) is 52.7 Å². The topological polar surface area (TPSA) is 108 Å². The van der Waals surface area contributed by atoms with Crippen molar-refractivity contribution in [1.82, 2.24) is 0 Å². The summed E-state index contributed by atoms with van der Waals surface area (Å²) in [5.41, 5.74) is 0.464. The van der Waals surface area contributed by atoms with Crippen molar-refractivity contribution in [3.8, 4) is 11.5 Å². The molecular weight excluding hydrogens is 250 g/mol. The standard InChI is InChI=1S/C12H9N3O4/c16-10-5-6-12(17)11(7-10)14-13-8-1-3-9(4-2-8)15(18)19/h1-7,16-17H. The van der Waals surface area contributed by atoms with Crippen LogP contribution in [0.1, 0.15) is 0 Å². The van der Waals surface area contributed by atoms with E-state index in [1.54, 1.807) is 0 Å². The molecule has 0 atom stereocenters. The molecule has 0 saturated heterocycles. The minimum absolute atomic E-state index is 0.0425. The summed E-state index contributed by atoms with van der Waals surface area (Å²) in [5.74, 6) is -0.168. The van der Waals surface area contributed by atoms with E-state index < -0.39 is 4.92 Å². The lowest BCUT2D eigenvalue weighted by atomic mass is 10.3. The molecule has 0 aliphatic heterocycles. The second-order valence-electron chi connectivity index (χ2n) is 3.65. The monoisotopic (exact) mass is 259 g/mol. The Bertz CT molecular complexity index is 638. The lowest BCUT2D eigenvalue weighted by Crippen LogP contribution is -1.85. The Morgan fingerprint density at radius 1 is 1.00 bits per heavy atom. The summed E-state index contributed by atoms with van der Waals surface area (Å²) in [4.78, 5) is 9.95. The summed E-state index contributed by atoms with van der Waals surface area (Å²) < 4.78 is 0. The van der Waals surface area contributed by atoms with Crippen LogP contribution in [0.2, 0.25) is 0 Å². The highest BCUT2D eigenvalue weighted by atomic mass is 16.6. The second-order valence-corrected chi connectivity index (χ2v) is 3.65. The van der Waals surface area contributed by atoms with Crippen molar-refractivity contribution in [2.75, 3.05) is 0 Å². The number of azo groups is 1. The number of phenolic OH excluding ortho intramolecular Hbond substituents is 2. The van der Waals surface area contributed by atoms with E-state index in [1.165, 1.54) is 42.5 Å². The first-order chi connectivity index (χ1) is 9.06. The van der Waals surface area contributed by atoms with Gasteiger partial charge in [0.1, 0.15) is 17.2 Å². The van der Waals surface area contributed by atoms with Crippen LogP contribution in [0.5, 0.6) is 11.5 Å². The number of nitro benzene ring substituents is 1. The lowest BCUT2D eigenvalue weighted by Gasteiger charge is -1.98. The van der Waals surface area contributed by atoms with E-state index in [0.717, 1.165) is 0 Å². The summed E-state index contributed by atoms with van der Waals surface area (Å²) >= 11 is 0. The van der Waals surface area contributed by atoms with Crippen LogP contribution in [0.25, 0.3) is 0 Å². The molecule has 2 aromatic carbocycles. The number of nitro groups is 1. The van der Waals surface area contributed by atoms with Gasteiger partial charge in [-0.1, -0.05) is 0 Å². The Labute approximate surface area is 107 Å². The van der Waals surface area contributed by atoms with E-state index in [9.17, 15) is 20.3 Å². The summed E-state index contributed by atoms with van der Waals surface area (Å²) in [6, 6.07) is 9.33. The third kappa shape index (κ3) is 3.03. The second kappa shape index (κ2) is 5.13. The third-order valence-corrected chi connectivity index (χ3v) is 2.29. The zero-order valence-corrected chi connectivity index (χ0v) is 9.59. The van der Waals surface area contributed by atoms with E-state index in [4.69, 9.17) is 0 Å². The van der Waals surface area contributed by atoms with E-state index in [1.807, 2.05) is 0 Å². The molecule has 0 unspecified atom stereocenters. The first-order valence-electron chi connectivity index (χ1n) is 5.24. The Hall–Kier alpha value is -2.96. The summed E-state index contributed by atoms with van der Waals surface area (Å²) in [6.45, 7) is 0. The molecule has 0 bridgehead atoms. The Kier molecular flexibility index (Phi) is 3.37. The molecule has 0 radical (unpaired) electrons. The molecule has 2 aromatic rings. The third-order valence-electron chi connectivity index (χ3n) is 2.29. The first-order valence-corrected chi connectivity index (χ1v) is 5.24. The predicted octanol–water partition coefficient (Wildman–Crippen LogP) is 3.42.